The number of hydrogen-bond acceptors (Lipinski definition) is 3. The minimum Gasteiger partial charge on any atom is -0.341 e. The maximum absolute atomic E-state index is 12.5. The molecule has 146 valence electrons. The number of benzene rings is 2. The van der Waals surface area contributed by atoms with E-state index in [9.17, 15) is 9.59 Å². The van der Waals surface area contributed by atoms with Crippen molar-refractivity contribution in [1.82, 2.24) is 10.2 Å². The van der Waals surface area contributed by atoms with Crippen molar-refractivity contribution in [3.05, 3.63) is 54.1 Å². The van der Waals surface area contributed by atoms with E-state index in [4.69, 9.17) is 0 Å². The third kappa shape index (κ3) is 3.81. The van der Waals surface area contributed by atoms with E-state index in [1.54, 1.807) is 0 Å². The normalized spacial score (nSPS) is 16.8. The second-order valence-electron chi connectivity index (χ2n) is 7.49. The van der Waals surface area contributed by atoms with Gasteiger partial charge in [0, 0.05) is 37.8 Å². The number of nitrogens with one attached hydrogen (secondary N) is 2. The molecule has 2 aliphatic rings. The molecule has 0 bridgehead atoms. The highest BCUT2D eigenvalue weighted by Crippen LogP contribution is 2.38. The van der Waals surface area contributed by atoms with Crippen molar-refractivity contribution in [1.29, 1.82) is 0 Å². The van der Waals surface area contributed by atoms with Crippen molar-refractivity contribution in [3.63, 3.8) is 0 Å². The van der Waals surface area contributed by atoms with E-state index in [-0.39, 0.29) is 18.0 Å². The fraction of sp³-hybridized carbons (Fsp3) is 0.364. The number of fused-ring (bicyclic) bond motifs is 1. The lowest BCUT2D eigenvalue weighted by atomic mass is 10.2. The molecular formula is C22H26N4O2. The molecular weight excluding hydrogens is 352 g/mol. The second-order valence-corrected chi connectivity index (χ2v) is 7.49. The van der Waals surface area contributed by atoms with E-state index >= 15 is 0 Å². The van der Waals surface area contributed by atoms with Gasteiger partial charge in [-0.05, 0) is 43.5 Å². The number of hydrogen-bond donors (Lipinski definition) is 2. The SMILES string of the molecule is C[C@H](CN1CCCC1=O)NC(=O)Nc1ccccc1N1CCc2ccccc21. The standard InChI is InChI=1S/C22H26N4O2/c1-16(15-25-13-6-11-21(25)27)23-22(28)24-18-8-3-5-10-20(18)26-14-12-17-7-2-4-9-19(17)26/h2-5,7-10,16H,6,11-15H2,1H3,(H2,23,24,28)/t16-/m1/s1. The third-order valence-electron chi connectivity index (χ3n) is 5.37. The topological polar surface area (TPSA) is 64.7 Å². The zero-order valence-corrected chi connectivity index (χ0v) is 16.1. The number of anilines is 3. The molecule has 2 aliphatic heterocycles. The van der Waals surface area contributed by atoms with Gasteiger partial charge < -0.3 is 20.4 Å². The molecule has 2 aromatic carbocycles. The molecule has 6 nitrogen and oxygen atoms in total. The maximum Gasteiger partial charge on any atom is 0.319 e. The summed E-state index contributed by atoms with van der Waals surface area (Å²) >= 11 is 0. The summed E-state index contributed by atoms with van der Waals surface area (Å²) in [5.74, 6) is 0.173. The van der Waals surface area contributed by atoms with Crippen LogP contribution in [0.2, 0.25) is 0 Å². The van der Waals surface area contributed by atoms with E-state index in [1.165, 1.54) is 11.3 Å². The number of rotatable bonds is 5. The van der Waals surface area contributed by atoms with Crippen LogP contribution in [0.5, 0.6) is 0 Å². The summed E-state index contributed by atoms with van der Waals surface area (Å²) < 4.78 is 0. The Morgan fingerprint density at radius 1 is 1.04 bits per heavy atom. The highest BCUT2D eigenvalue weighted by molar-refractivity contribution is 5.94. The van der Waals surface area contributed by atoms with Crippen LogP contribution in [-0.2, 0) is 11.2 Å². The molecule has 1 saturated heterocycles. The molecule has 2 N–H and O–H groups in total. The van der Waals surface area contributed by atoms with E-state index in [0.29, 0.717) is 13.0 Å². The Balaban J connectivity index is 1.43. The van der Waals surface area contributed by atoms with Gasteiger partial charge in [-0.1, -0.05) is 30.3 Å². The van der Waals surface area contributed by atoms with Crippen LogP contribution in [0.1, 0.15) is 25.3 Å². The van der Waals surface area contributed by atoms with Gasteiger partial charge in [0.05, 0.1) is 11.4 Å². The Morgan fingerprint density at radius 3 is 2.57 bits per heavy atom. The third-order valence-corrected chi connectivity index (χ3v) is 5.37. The van der Waals surface area contributed by atoms with E-state index in [1.807, 2.05) is 42.2 Å². The molecule has 4 rings (SSSR count). The Bertz CT molecular complexity index is 882. The fourth-order valence-corrected chi connectivity index (χ4v) is 4.06. The van der Waals surface area contributed by atoms with Gasteiger partial charge in [-0.2, -0.15) is 0 Å². The van der Waals surface area contributed by atoms with Gasteiger partial charge >= 0.3 is 6.03 Å². The average Bonchev–Trinajstić information content (AvgIpc) is 3.28. The molecule has 0 unspecified atom stereocenters. The Kier molecular flexibility index (Phi) is 5.19. The summed E-state index contributed by atoms with van der Waals surface area (Å²) in [5.41, 5.74) is 4.29. The first kappa shape index (κ1) is 18.3. The van der Waals surface area contributed by atoms with Crippen molar-refractivity contribution in [2.45, 2.75) is 32.2 Å². The molecule has 0 saturated carbocycles. The van der Waals surface area contributed by atoms with Gasteiger partial charge in [0.2, 0.25) is 5.91 Å². The highest BCUT2D eigenvalue weighted by atomic mass is 16.2. The molecule has 2 aromatic rings. The highest BCUT2D eigenvalue weighted by Gasteiger charge is 2.24. The Hall–Kier alpha value is -3.02. The lowest BCUT2D eigenvalue weighted by Crippen LogP contribution is -2.44. The monoisotopic (exact) mass is 378 g/mol. The van der Waals surface area contributed by atoms with Gasteiger partial charge in [-0.3, -0.25) is 4.79 Å². The quantitative estimate of drug-likeness (QED) is 0.837. The number of nitrogens with zero attached hydrogens (tertiary/aromatic N) is 2. The van der Waals surface area contributed by atoms with Crippen LogP contribution >= 0.6 is 0 Å². The molecule has 2 heterocycles. The van der Waals surface area contributed by atoms with E-state index in [0.717, 1.165) is 37.3 Å². The van der Waals surface area contributed by atoms with Crippen molar-refractivity contribution >= 4 is 29.0 Å². The molecule has 0 radical (unpaired) electrons. The van der Waals surface area contributed by atoms with Gasteiger partial charge in [0.15, 0.2) is 0 Å². The fourth-order valence-electron chi connectivity index (χ4n) is 4.06. The summed E-state index contributed by atoms with van der Waals surface area (Å²) in [6, 6.07) is 15.9. The van der Waals surface area contributed by atoms with Crippen LogP contribution in [-0.4, -0.2) is 42.5 Å². The first-order valence-corrected chi connectivity index (χ1v) is 9.91. The summed E-state index contributed by atoms with van der Waals surface area (Å²) in [6.07, 6.45) is 2.52. The van der Waals surface area contributed by atoms with Crippen LogP contribution in [0.4, 0.5) is 21.9 Å². The summed E-state index contributed by atoms with van der Waals surface area (Å²) in [5, 5.41) is 5.94. The first-order chi connectivity index (χ1) is 13.6. The van der Waals surface area contributed by atoms with Crippen molar-refractivity contribution < 1.29 is 9.59 Å². The maximum atomic E-state index is 12.5. The molecule has 0 aromatic heterocycles. The van der Waals surface area contributed by atoms with Crippen LogP contribution < -0.4 is 15.5 Å². The smallest absolute Gasteiger partial charge is 0.319 e. The number of likely N-dealkylation sites (tertiary alicyclic amines) is 1. The largest absolute Gasteiger partial charge is 0.341 e. The molecule has 3 amide bonds. The van der Waals surface area contributed by atoms with Gasteiger partial charge in [0.1, 0.15) is 0 Å². The van der Waals surface area contributed by atoms with Crippen LogP contribution in [0, 0.1) is 0 Å². The number of para-hydroxylation sites is 3. The minimum atomic E-state index is -0.251. The van der Waals surface area contributed by atoms with Crippen LogP contribution in [0.15, 0.2) is 48.5 Å². The lowest BCUT2D eigenvalue weighted by Gasteiger charge is -2.24. The van der Waals surface area contributed by atoms with Crippen molar-refractivity contribution in [2.75, 3.05) is 29.9 Å². The molecule has 1 fully saturated rings. The second kappa shape index (κ2) is 7.92. The molecule has 6 heteroatoms. The predicted molar refractivity (Wildman–Crippen MR) is 111 cm³/mol. The van der Waals surface area contributed by atoms with Gasteiger partial charge in [0.25, 0.3) is 0 Å². The minimum absolute atomic E-state index is 0.110. The zero-order valence-electron chi connectivity index (χ0n) is 16.1. The average molecular weight is 378 g/mol. The predicted octanol–water partition coefficient (Wildman–Crippen LogP) is 3.51. The molecule has 0 aliphatic carbocycles. The first-order valence-electron chi connectivity index (χ1n) is 9.91. The Labute approximate surface area is 165 Å². The summed E-state index contributed by atoms with van der Waals surface area (Å²) in [4.78, 5) is 28.4. The number of carbonyl (C=O) groups is 2. The van der Waals surface area contributed by atoms with Crippen LogP contribution in [0.25, 0.3) is 0 Å². The van der Waals surface area contributed by atoms with Gasteiger partial charge in [-0.25, -0.2) is 4.79 Å². The van der Waals surface area contributed by atoms with Crippen molar-refractivity contribution in [2.24, 2.45) is 0 Å². The van der Waals surface area contributed by atoms with E-state index < -0.39 is 0 Å². The summed E-state index contributed by atoms with van der Waals surface area (Å²) in [7, 11) is 0. The zero-order chi connectivity index (χ0) is 19.5. The number of carbonyl (C=O) groups excluding carboxylic acids is 2. The summed E-state index contributed by atoms with van der Waals surface area (Å²) in [6.45, 7) is 4.15. The molecule has 1 atom stereocenters. The van der Waals surface area contributed by atoms with E-state index in [2.05, 4.69) is 33.7 Å². The Morgan fingerprint density at radius 2 is 1.79 bits per heavy atom. The van der Waals surface area contributed by atoms with Gasteiger partial charge in [-0.15, -0.1) is 0 Å². The number of urea groups is 1. The number of amides is 3. The lowest BCUT2D eigenvalue weighted by molar-refractivity contribution is -0.127. The molecule has 0 spiro atoms. The molecule has 28 heavy (non-hydrogen) atoms. The van der Waals surface area contributed by atoms with Crippen molar-refractivity contribution in [3.8, 4) is 0 Å². The van der Waals surface area contributed by atoms with Crippen LogP contribution in [0.3, 0.4) is 0 Å².